The molecule has 20 heavy (non-hydrogen) atoms. The summed E-state index contributed by atoms with van der Waals surface area (Å²) in [6.45, 7) is 4.56. The van der Waals surface area contributed by atoms with Crippen LogP contribution in [0.25, 0.3) is 0 Å². The molecular weight excluding hydrogens is 256 g/mol. The van der Waals surface area contributed by atoms with Crippen LogP contribution in [-0.4, -0.2) is 39.9 Å². The summed E-state index contributed by atoms with van der Waals surface area (Å²) in [5, 5.41) is 2.80. The highest BCUT2D eigenvalue weighted by atomic mass is 16.2. The van der Waals surface area contributed by atoms with Crippen molar-refractivity contribution in [2.45, 2.75) is 38.3 Å². The number of carbonyl (C=O) groups is 2. The minimum absolute atomic E-state index is 0.116. The lowest BCUT2D eigenvalue weighted by Crippen LogP contribution is -2.63. The van der Waals surface area contributed by atoms with Gasteiger partial charge in [0.15, 0.2) is 0 Å². The molecule has 3 N–H and O–H groups in total. The van der Waals surface area contributed by atoms with Crippen LogP contribution in [-0.2, 0) is 4.79 Å². The van der Waals surface area contributed by atoms with Crippen LogP contribution in [0.1, 0.15) is 43.2 Å². The van der Waals surface area contributed by atoms with Crippen molar-refractivity contribution < 1.29 is 9.59 Å². The van der Waals surface area contributed by atoms with Gasteiger partial charge in [-0.3, -0.25) is 9.59 Å². The maximum atomic E-state index is 12.8. The monoisotopic (exact) mass is 276 g/mol. The van der Waals surface area contributed by atoms with Gasteiger partial charge in [0.05, 0.1) is 5.69 Å². The van der Waals surface area contributed by atoms with E-state index in [1.165, 1.54) is 0 Å². The van der Waals surface area contributed by atoms with Crippen molar-refractivity contribution in [3.63, 3.8) is 0 Å². The summed E-state index contributed by atoms with van der Waals surface area (Å²) in [6, 6.07) is 2.09. The fraction of sp³-hybridized carbons (Fsp3) is 0.571. The van der Waals surface area contributed by atoms with Gasteiger partial charge in [-0.05, 0) is 32.8 Å². The maximum absolute atomic E-state index is 12.8. The first-order valence-electron chi connectivity index (χ1n) is 6.99. The summed E-state index contributed by atoms with van der Waals surface area (Å²) in [6.07, 6.45) is 3.98. The molecule has 2 heterocycles. The molecule has 0 unspecified atom stereocenters. The first-order valence-corrected chi connectivity index (χ1v) is 6.99. The van der Waals surface area contributed by atoms with E-state index in [2.05, 4.69) is 5.32 Å². The molecule has 2 amide bonds. The number of rotatable bonds is 2. The van der Waals surface area contributed by atoms with Gasteiger partial charge in [-0.1, -0.05) is 0 Å². The minimum Gasteiger partial charge on any atom is -0.397 e. The van der Waals surface area contributed by atoms with E-state index in [9.17, 15) is 9.59 Å². The second kappa shape index (κ2) is 4.26. The lowest BCUT2D eigenvalue weighted by Gasteiger charge is -2.41. The summed E-state index contributed by atoms with van der Waals surface area (Å²) in [5.41, 5.74) is 6.19. The molecule has 0 bridgehead atoms. The fourth-order valence-corrected chi connectivity index (χ4v) is 2.72. The Morgan fingerprint density at radius 3 is 2.80 bits per heavy atom. The van der Waals surface area contributed by atoms with E-state index >= 15 is 0 Å². The number of nitrogens with one attached hydrogen (secondary N) is 1. The Hall–Kier alpha value is -1.98. The third-order valence-corrected chi connectivity index (χ3v) is 4.13. The number of nitrogen functional groups attached to an aromatic ring is 1. The summed E-state index contributed by atoms with van der Waals surface area (Å²) in [5.74, 6) is -0.233. The van der Waals surface area contributed by atoms with Crippen molar-refractivity contribution in [2.24, 2.45) is 0 Å². The number of piperazine rings is 1. The summed E-state index contributed by atoms with van der Waals surface area (Å²) >= 11 is 0. The van der Waals surface area contributed by atoms with Crippen molar-refractivity contribution >= 4 is 17.5 Å². The number of aromatic nitrogens is 1. The van der Waals surface area contributed by atoms with Crippen LogP contribution in [0.4, 0.5) is 5.69 Å². The molecule has 6 heteroatoms. The average Bonchev–Trinajstić information content (AvgIpc) is 3.15. The molecule has 6 nitrogen and oxygen atoms in total. The van der Waals surface area contributed by atoms with E-state index in [1.54, 1.807) is 24.8 Å². The van der Waals surface area contributed by atoms with Gasteiger partial charge < -0.3 is 20.5 Å². The first kappa shape index (κ1) is 13.0. The largest absolute Gasteiger partial charge is 0.397 e. The van der Waals surface area contributed by atoms with Crippen molar-refractivity contribution in [1.29, 1.82) is 0 Å². The van der Waals surface area contributed by atoms with E-state index in [0.29, 0.717) is 30.5 Å². The van der Waals surface area contributed by atoms with E-state index in [4.69, 9.17) is 5.73 Å². The number of nitrogens with zero attached hydrogens (tertiary/aromatic N) is 2. The highest BCUT2D eigenvalue weighted by molar-refractivity contribution is 5.99. The van der Waals surface area contributed by atoms with Crippen LogP contribution in [0.2, 0.25) is 0 Å². The zero-order valence-electron chi connectivity index (χ0n) is 11.8. The van der Waals surface area contributed by atoms with Crippen LogP contribution in [0.3, 0.4) is 0 Å². The fourth-order valence-electron chi connectivity index (χ4n) is 2.72. The minimum atomic E-state index is -0.831. The Balaban J connectivity index is 1.94. The molecule has 0 spiro atoms. The molecule has 3 rings (SSSR count). The van der Waals surface area contributed by atoms with Gasteiger partial charge in [-0.2, -0.15) is 0 Å². The van der Waals surface area contributed by atoms with Crippen LogP contribution in [0.5, 0.6) is 0 Å². The Morgan fingerprint density at radius 2 is 2.15 bits per heavy atom. The molecule has 1 aliphatic heterocycles. The molecule has 2 aliphatic rings. The predicted molar refractivity (Wildman–Crippen MR) is 75.2 cm³/mol. The third kappa shape index (κ3) is 1.95. The Bertz CT molecular complexity index is 572. The molecule has 1 saturated heterocycles. The topological polar surface area (TPSA) is 80.4 Å². The zero-order chi connectivity index (χ0) is 14.5. The number of hydrogen-bond acceptors (Lipinski definition) is 3. The molecule has 1 aliphatic carbocycles. The number of carbonyl (C=O) groups excluding carboxylic acids is 2. The predicted octanol–water partition coefficient (Wildman–Crippen LogP) is 0.756. The zero-order valence-corrected chi connectivity index (χ0v) is 11.8. The molecule has 1 aromatic rings. The summed E-state index contributed by atoms with van der Waals surface area (Å²) < 4.78 is 1.96. The van der Waals surface area contributed by atoms with Gasteiger partial charge in [0.1, 0.15) is 11.2 Å². The third-order valence-electron chi connectivity index (χ3n) is 4.13. The van der Waals surface area contributed by atoms with Crippen LogP contribution in [0.15, 0.2) is 12.3 Å². The van der Waals surface area contributed by atoms with Crippen molar-refractivity contribution in [2.75, 3.05) is 18.8 Å². The molecule has 0 radical (unpaired) electrons. The second-order valence-electron chi connectivity index (χ2n) is 6.07. The van der Waals surface area contributed by atoms with Gasteiger partial charge in [0, 0.05) is 25.3 Å². The second-order valence-corrected chi connectivity index (χ2v) is 6.07. The molecule has 1 aromatic heterocycles. The number of nitrogens with two attached hydrogens (primary N) is 1. The normalized spacial score (nSPS) is 21.7. The summed E-state index contributed by atoms with van der Waals surface area (Å²) in [4.78, 5) is 26.4. The van der Waals surface area contributed by atoms with Crippen LogP contribution in [0, 0.1) is 0 Å². The van der Waals surface area contributed by atoms with Gasteiger partial charge >= 0.3 is 0 Å². The number of hydrogen-bond donors (Lipinski definition) is 2. The smallest absolute Gasteiger partial charge is 0.271 e. The lowest BCUT2D eigenvalue weighted by atomic mass is 9.98. The van der Waals surface area contributed by atoms with E-state index in [1.807, 2.05) is 10.8 Å². The quantitative estimate of drug-likeness (QED) is 0.836. The lowest BCUT2D eigenvalue weighted by molar-refractivity contribution is -0.133. The average molecular weight is 276 g/mol. The van der Waals surface area contributed by atoms with Crippen LogP contribution < -0.4 is 11.1 Å². The Kier molecular flexibility index (Phi) is 2.77. The molecule has 1 saturated carbocycles. The first-order chi connectivity index (χ1) is 9.41. The van der Waals surface area contributed by atoms with Crippen molar-refractivity contribution in [3.05, 3.63) is 18.0 Å². The summed E-state index contributed by atoms with van der Waals surface area (Å²) in [7, 11) is 0. The van der Waals surface area contributed by atoms with E-state index in [0.717, 1.165) is 12.8 Å². The number of anilines is 1. The number of amides is 2. The SMILES string of the molecule is CC1(C)C(=O)NCCN1C(=O)c1cc(N)cn1C1CC1. The van der Waals surface area contributed by atoms with Crippen molar-refractivity contribution in [1.82, 2.24) is 14.8 Å². The highest BCUT2D eigenvalue weighted by Crippen LogP contribution is 2.37. The Morgan fingerprint density at radius 1 is 1.45 bits per heavy atom. The van der Waals surface area contributed by atoms with Gasteiger partial charge in [-0.15, -0.1) is 0 Å². The maximum Gasteiger partial charge on any atom is 0.271 e. The van der Waals surface area contributed by atoms with Crippen LogP contribution >= 0.6 is 0 Å². The van der Waals surface area contributed by atoms with Crippen molar-refractivity contribution in [3.8, 4) is 0 Å². The molecular formula is C14H20N4O2. The molecule has 108 valence electrons. The molecule has 2 fully saturated rings. The van der Waals surface area contributed by atoms with E-state index < -0.39 is 5.54 Å². The molecule has 0 aromatic carbocycles. The van der Waals surface area contributed by atoms with E-state index in [-0.39, 0.29) is 11.8 Å². The van der Waals surface area contributed by atoms with Gasteiger partial charge in [-0.25, -0.2) is 0 Å². The van der Waals surface area contributed by atoms with Gasteiger partial charge in [0.2, 0.25) is 5.91 Å². The Labute approximate surface area is 117 Å². The standard InChI is InChI=1S/C14H20N4O2/c1-14(2)13(20)16-5-6-18(14)12(19)11-7-9(15)8-17(11)10-3-4-10/h7-8,10H,3-6,15H2,1-2H3,(H,16,20). The molecule has 0 atom stereocenters. The highest BCUT2D eigenvalue weighted by Gasteiger charge is 2.42. The van der Waals surface area contributed by atoms with Gasteiger partial charge in [0.25, 0.3) is 5.91 Å².